The molecule has 1 N–H and O–H groups in total. The zero-order valence-corrected chi connectivity index (χ0v) is 11.3. The van der Waals surface area contributed by atoms with Gasteiger partial charge >= 0.3 is 5.69 Å². The maximum atomic E-state index is 11.1. The highest BCUT2D eigenvalue weighted by molar-refractivity contribution is 5.59. The Morgan fingerprint density at radius 1 is 1.58 bits per heavy atom. The monoisotopic (exact) mass is 265 g/mol. The molecule has 104 valence electrons. The topological polar surface area (TPSA) is 84.2 Å². The van der Waals surface area contributed by atoms with Gasteiger partial charge in [0.25, 0.3) is 0 Å². The van der Waals surface area contributed by atoms with Crippen LogP contribution in [-0.4, -0.2) is 35.0 Å². The third-order valence-corrected chi connectivity index (χ3v) is 3.14. The zero-order chi connectivity index (χ0) is 13.8. The van der Waals surface area contributed by atoms with Gasteiger partial charge in [-0.05, 0) is 25.2 Å². The minimum Gasteiger partial charge on any atom is -0.357 e. The van der Waals surface area contributed by atoms with Crippen LogP contribution in [0.15, 0.2) is 6.20 Å². The minimum absolute atomic E-state index is 0.0203. The third-order valence-electron chi connectivity index (χ3n) is 3.14. The van der Waals surface area contributed by atoms with E-state index in [1.54, 1.807) is 7.05 Å². The summed E-state index contributed by atoms with van der Waals surface area (Å²) in [6.45, 7) is 3.68. The Morgan fingerprint density at radius 3 is 2.84 bits per heavy atom. The van der Waals surface area contributed by atoms with Gasteiger partial charge in [0.15, 0.2) is 0 Å². The second-order valence-electron chi connectivity index (χ2n) is 4.80. The number of nitro groups is 1. The van der Waals surface area contributed by atoms with Crippen molar-refractivity contribution >= 4 is 17.5 Å². The standard InChI is InChI=1S/C12H19N5O2/c1-3-6-16(8-9-4-5-9)11-10(17(18)19)7-14-12(13-2)15-11/h7,9H,3-6,8H2,1-2H3,(H,13,14,15). The normalized spacial score (nSPS) is 14.2. The predicted molar refractivity (Wildman–Crippen MR) is 73.5 cm³/mol. The highest BCUT2D eigenvalue weighted by Crippen LogP contribution is 2.33. The lowest BCUT2D eigenvalue weighted by Crippen LogP contribution is -2.28. The summed E-state index contributed by atoms with van der Waals surface area (Å²) in [6, 6.07) is 0. The van der Waals surface area contributed by atoms with Crippen LogP contribution in [0.5, 0.6) is 0 Å². The van der Waals surface area contributed by atoms with Gasteiger partial charge in [0.2, 0.25) is 11.8 Å². The summed E-state index contributed by atoms with van der Waals surface area (Å²) in [6.07, 6.45) is 4.63. The average molecular weight is 265 g/mol. The van der Waals surface area contributed by atoms with Crippen LogP contribution < -0.4 is 10.2 Å². The molecule has 0 saturated heterocycles. The summed E-state index contributed by atoms with van der Waals surface area (Å²) in [5, 5.41) is 13.9. The fourth-order valence-electron chi connectivity index (χ4n) is 2.01. The third kappa shape index (κ3) is 3.30. The van der Waals surface area contributed by atoms with Gasteiger partial charge in [0, 0.05) is 20.1 Å². The van der Waals surface area contributed by atoms with Gasteiger partial charge in [0.1, 0.15) is 6.20 Å². The molecule has 1 aromatic rings. The van der Waals surface area contributed by atoms with Crippen LogP contribution in [0, 0.1) is 16.0 Å². The Kier molecular flexibility index (Phi) is 4.13. The first-order valence-corrected chi connectivity index (χ1v) is 6.59. The van der Waals surface area contributed by atoms with Gasteiger partial charge in [-0.15, -0.1) is 0 Å². The summed E-state index contributed by atoms with van der Waals surface area (Å²) in [7, 11) is 1.70. The van der Waals surface area contributed by atoms with Gasteiger partial charge in [-0.1, -0.05) is 6.92 Å². The molecule has 0 aliphatic heterocycles. The van der Waals surface area contributed by atoms with E-state index < -0.39 is 4.92 Å². The molecule has 0 unspecified atom stereocenters. The van der Waals surface area contributed by atoms with E-state index in [1.807, 2.05) is 4.90 Å². The van der Waals surface area contributed by atoms with Crippen LogP contribution >= 0.6 is 0 Å². The summed E-state index contributed by atoms with van der Waals surface area (Å²) in [4.78, 5) is 20.9. The molecule has 0 atom stereocenters. The van der Waals surface area contributed by atoms with Crippen LogP contribution in [0.3, 0.4) is 0 Å². The van der Waals surface area contributed by atoms with Crippen LogP contribution in [-0.2, 0) is 0 Å². The Bertz CT molecular complexity index is 461. The lowest BCUT2D eigenvalue weighted by molar-refractivity contribution is -0.384. The number of hydrogen-bond acceptors (Lipinski definition) is 6. The molecule has 0 spiro atoms. The first-order chi connectivity index (χ1) is 9.15. The van der Waals surface area contributed by atoms with Crippen molar-refractivity contribution in [1.82, 2.24) is 9.97 Å². The highest BCUT2D eigenvalue weighted by atomic mass is 16.6. The molecule has 1 aliphatic carbocycles. The summed E-state index contributed by atoms with van der Waals surface area (Å²) in [5.41, 5.74) is -0.0203. The second kappa shape index (κ2) is 5.81. The molecular formula is C12H19N5O2. The van der Waals surface area contributed by atoms with Crippen LogP contribution in [0.4, 0.5) is 17.5 Å². The first kappa shape index (κ1) is 13.5. The number of anilines is 2. The molecule has 19 heavy (non-hydrogen) atoms. The number of nitrogens with one attached hydrogen (secondary N) is 1. The van der Waals surface area contributed by atoms with Crippen molar-refractivity contribution in [3.8, 4) is 0 Å². The number of nitrogens with zero attached hydrogens (tertiary/aromatic N) is 4. The largest absolute Gasteiger partial charge is 0.357 e. The van der Waals surface area contributed by atoms with Crippen LogP contribution in [0.25, 0.3) is 0 Å². The maximum absolute atomic E-state index is 11.1. The smallest absolute Gasteiger partial charge is 0.329 e. The number of aromatic nitrogens is 2. The molecule has 1 aromatic heterocycles. The van der Waals surface area contributed by atoms with Gasteiger partial charge in [-0.3, -0.25) is 10.1 Å². The Labute approximate surface area is 112 Å². The van der Waals surface area contributed by atoms with E-state index >= 15 is 0 Å². The lowest BCUT2D eigenvalue weighted by atomic mass is 10.3. The van der Waals surface area contributed by atoms with Crippen molar-refractivity contribution in [2.45, 2.75) is 26.2 Å². The van der Waals surface area contributed by atoms with E-state index in [0.29, 0.717) is 17.7 Å². The van der Waals surface area contributed by atoms with E-state index in [2.05, 4.69) is 22.2 Å². The molecule has 0 amide bonds. The van der Waals surface area contributed by atoms with Gasteiger partial charge in [-0.2, -0.15) is 4.98 Å². The zero-order valence-electron chi connectivity index (χ0n) is 11.3. The minimum atomic E-state index is -0.412. The molecule has 2 rings (SSSR count). The Balaban J connectivity index is 2.32. The molecule has 1 heterocycles. The average Bonchev–Trinajstić information content (AvgIpc) is 3.21. The SMILES string of the molecule is CCCN(CC1CC1)c1nc(NC)ncc1[N+](=O)[O-]. The maximum Gasteiger partial charge on any atom is 0.329 e. The molecule has 1 aliphatic rings. The number of hydrogen-bond donors (Lipinski definition) is 1. The van der Waals surface area contributed by atoms with E-state index in [-0.39, 0.29) is 5.69 Å². The molecule has 7 nitrogen and oxygen atoms in total. The Morgan fingerprint density at radius 2 is 2.32 bits per heavy atom. The second-order valence-corrected chi connectivity index (χ2v) is 4.80. The Hall–Kier alpha value is -1.92. The molecule has 0 radical (unpaired) electrons. The molecule has 0 aromatic carbocycles. The van der Waals surface area contributed by atoms with Crippen molar-refractivity contribution in [1.29, 1.82) is 0 Å². The molecular weight excluding hydrogens is 246 g/mol. The number of rotatable bonds is 7. The van der Waals surface area contributed by atoms with Gasteiger partial charge < -0.3 is 10.2 Å². The van der Waals surface area contributed by atoms with E-state index in [1.165, 1.54) is 19.0 Å². The predicted octanol–water partition coefficient (Wildman–Crippen LogP) is 2.05. The van der Waals surface area contributed by atoms with Crippen molar-refractivity contribution in [3.63, 3.8) is 0 Å². The molecule has 1 saturated carbocycles. The van der Waals surface area contributed by atoms with Gasteiger partial charge in [-0.25, -0.2) is 4.98 Å². The fraction of sp³-hybridized carbons (Fsp3) is 0.667. The molecule has 1 fully saturated rings. The quantitative estimate of drug-likeness (QED) is 0.600. The van der Waals surface area contributed by atoms with Crippen LogP contribution in [0.1, 0.15) is 26.2 Å². The molecule has 7 heteroatoms. The van der Waals surface area contributed by atoms with Crippen molar-refractivity contribution in [2.24, 2.45) is 5.92 Å². The van der Waals surface area contributed by atoms with Crippen molar-refractivity contribution in [2.75, 3.05) is 30.4 Å². The summed E-state index contributed by atoms with van der Waals surface area (Å²) in [5.74, 6) is 1.50. The van der Waals surface area contributed by atoms with Gasteiger partial charge in [0.05, 0.1) is 4.92 Å². The van der Waals surface area contributed by atoms with E-state index in [0.717, 1.165) is 19.5 Å². The highest BCUT2D eigenvalue weighted by Gasteiger charge is 2.29. The fourth-order valence-corrected chi connectivity index (χ4v) is 2.01. The van der Waals surface area contributed by atoms with Crippen molar-refractivity contribution in [3.05, 3.63) is 16.3 Å². The van der Waals surface area contributed by atoms with Crippen molar-refractivity contribution < 1.29 is 4.92 Å². The summed E-state index contributed by atoms with van der Waals surface area (Å²) < 4.78 is 0. The van der Waals surface area contributed by atoms with Crippen LogP contribution in [0.2, 0.25) is 0 Å². The summed E-state index contributed by atoms with van der Waals surface area (Å²) >= 11 is 0. The van der Waals surface area contributed by atoms with E-state index in [9.17, 15) is 10.1 Å². The molecule has 0 bridgehead atoms. The first-order valence-electron chi connectivity index (χ1n) is 6.59. The van der Waals surface area contributed by atoms with E-state index in [4.69, 9.17) is 0 Å². The lowest BCUT2D eigenvalue weighted by Gasteiger charge is -2.22.